The van der Waals surface area contributed by atoms with E-state index in [2.05, 4.69) is 18.5 Å². The second-order valence-corrected chi connectivity index (χ2v) is 9.93. The molecule has 0 spiro atoms. The van der Waals surface area contributed by atoms with Crippen molar-refractivity contribution in [3.8, 4) is 5.88 Å². The Morgan fingerprint density at radius 2 is 1.60 bits per heavy atom. The number of piperazine rings is 1. The zero-order valence-corrected chi connectivity index (χ0v) is 18.8. The Bertz CT molecular complexity index is 864. The Hall–Kier alpha value is -1.97. The molecule has 1 aromatic heterocycles. The summed E-state index contributed by atoms with van der Waals surface area (Å²) < 4.78 is 29.3. The van der Waals surface area contributed by atoms with Gasteiger partial charge in [-0.05, 0) is 39.8 Å². The molecule has 2 saturated heterocycles. The Labute approximate surface area is 181 Å². The van der Waals surface area contributed by atoms with Crippen molar-refractivity contribution >= 4 is 23.2 Å². The summed E-state index contributed by atoms with van der Waals surface area (Å²) >= 11 is 1.15. The molecule has 4 rings (SSSR count). The molecule has 1 N–H and O–H groups in total. The largest absolute Gasteiger partial charge is 0.471 e. The monoisotopic (exact) mass is 435 g/mol. The third-order valence-electron chi connectivity index (χ3n) is 6.09. The van der Waals surface area contributed by atoms with Gasteiger partial charge in [-0.25, -0.2) is 4.39 Å². The molecule has 0 saturated carbocycles. The molecule has 164 valence electrons. The van der Waals surface area contributed by atoms with Crippen molar-refractivity contribution in [1.82, 2.24) is 13.8 Å². The standard InChI is InChI=1S/C21H30FN5O2S/c1-20(2)13-15(14-21(3,4)27(20)28)29-19-18(23-30-24-19)26-11-9-25(10-12-26)17-8-6-5-7-16(17)22/h5-8,15,28H,9-14H2,1-4H3. The molecule has 7 nitrogen and oxygen atoms in total. The van der Waals surface area contributed by atoms with Gasteiger partial charge in [0, 0.05) is 50.1 Å². The van der Waals surface area contributed by atoms with E-state index in [1.54, 1.807) is 6.07 Å². The number of halogens is 1. The molecule has 0 radical (unpaired) electrons. The Kier molecular flexibility index (Phi) is 5.63. The molecule has 30 heavy (non-hydrogen) atoms. The summed E-state index contributed by atoms with van der Waals surface area (Å²) in [6.07, 6.45) is 1.34. The lowest BCUT2D eigenvalue weighted by atomic mass is 9.80. The van der Waals surface area contributed by atoms with E-state index in [0.717, 1.165) is 30.6 Å². The first-order chi connectivity index (χ1) is 14.2. The number of hydrogen-bond acceptors (Lipinski definition) is 8. The molecule has 9 heteroatoms. The summed E-state index contributed by atoms with van der Waals surface area (Å²) in [5.41, 5.74) is -0.131. The van der Waals surface area contributed by atoms with Gasteiger partial charge in [0.25, 0.3) is 5.88 Å². The summed E-state index contributed by atoms with van der Waals surface area (Å²) in [6.45, 7) is 10.9. The molecule has 2 aliphatic heterocycles. The molecule has 2 fully saturated rings. The predicted octanol–water partition coefficient (Wildman–Crippen LogP) is 3.79. The first kappa shape index (κ1) is 21.3. The van der Waals surface area contributed by atoms with E-state index in [9.17, 15) is 9.60 Å². The fourth-order valence-electron chi connectivity index (χ4n) is 4.73. The molecule has 3 heterocycles. The van der Waals surface area contributed by atoms with Crippen LogP contribution in [0.2, 0.25) is 0 Å². The number of nitrogens with zero attached hydrogens (tertiary/aromatic N) is 5. The number of rotatable bonds is 4. The number of anilines is 2. The minimum absolute atomic E-state index is 0.0549. The highest BCUT2D eigenvalue weighted by atomic mass is 32.1. The first-order valence-corrected chi connectivity index (χ1v) is 11.1. The van der Waals surface area contributed by atoms with Gasteiger partial charge in [-0.2, -0.15) is 9.44 Å². The number of ether oxygens (including phenoxy) is 1. The third-order valence-corrected chi connectivity index (χ3v) is 6.60. The van der Waals surface area contributed by atoms with Crippen LogP contribution in [-0.2, 0) is 0 Å². The molecular weight excluding hydrogens is 405 g/mol. The summed E-state index contributed by atoms with van der Waals surface area (Å²) in [4.78, 5) is 4.22. The molecule has 0 amide bonds. The number of aromatic nitrogens is 2. The van der Waals surface area contributed by atoms with E-state index in [-0.39, 0.29) is 23.0 Å². The summed E-state index contributed by atoms with van der Waals surface area (Å²) in [7, 11) is 0. The van der Waals surface area contributed by atoms with E-state index in [4.69, 9.17) is 4.74 Å². The van der Waals surface area contributed by atoms with Gasteiger partial charge in [0.15, 0.2) is 0 Å². The summed E-state index contributed by atoms with van der Waals surface area (Å²) in [6, 6.07) is 6.89. The molecular formula is C21H30FN5O2S. The maximum absolute atomic E-state index is 14.1. The predicted molar refractivity (Wildman–Crippen MR) is 116 cm³/mol. The van der Waals surface area contributed by atoms with Crippen LogP contribution in [0.1, 0.15) is 40.5 Å². The highest BCUT2D eigenvalue weighted by Gasteiger charge is 2.46. The average molecular weight is 436 g/mol. The lowest BCUT2D eigenvalue weighted by Gasteiger charge is -2.51. The van der Waals surface area contributed by atoms with Crippen molar-refractivity contribution in [1.29, 1.82) is 0 Å². The molecule has 0 atom stereocenters. The zero-order chi connectivity index (χ0) is 21.5. The van der Waals surface area contributed by atoms with Crippen LogP contribution in [0.25, 0.3) is 0 Å². The van der Waals surface area contributed by atoms with Gasteiger partial charge in [0.2, 0.25) is 5.82 Å². The van der Waals surface area contributed by atoms with Crippen LogP contribution in [0.15, 0.2) is 24.3 Å². The normalized spacial score (nSPS) is 22.3. The van der Waals surface area contributed by atoms with Crippen LogP contribution < -0.4 is 14.5 Å². The molecule has 0 unspecified atom stereocenters. The number of piperidine rings is 1. The van der Waals surface area contributed by atoms with E-state index in [1.165, 1.54) is 11.1 Å². The Balaban J connectivity index is 1.43. The van der Waals surface area contributed by atoms with E-state index in [1.807, 2.05) is 39.8 Å². The van der Waals surface area contributed by atoms with Gasteiger partial charge in [-0.1, -0.05) is 12.1 Å². The Morgan fingerprint density at radius 3 is 2.23 bits per heavy atom. The summed E-state index contributed by atoms with van der Waals surface area (Å²) in [5, 5.41) is 12.0. The topological polar surface area (TPSA) is 65.0 Å². The smallest absolute Gasteiger partial charge is 0.271 e. The van der Waals surface area contributed by atoms with Crippen LogP contribution >= 0.6 is 11.7 Å². The maximum atomic E-state index is 14.1. The zero-order valence-electron chi connectivity index (χ0n) is 18.0. The van der Waals surface area contributed by atoms with Gasteiger partial charge in [-0.15, -0.1) is 4.37 Å². The van der Waals surface area contributed by atoms with Crippen LogP contribution in [0, 0.1) is 5.82 Å². The van der Waals surface area contributed by atoms with E-state index >= 15 is 0 Å². The van der Waals surface area contributed by atoms with Crippen LogP contribution in [-0.4, -0.2) is 62.4 Å². The third kappa shape index (κ3) is 4.10. The average Bonchev–Trinajstić information content (AvgIpc) is 3.14. The van der Waals surface area contributed by atoms with Crippen molar-refractivity contribution in [2.24, 2.45) is 0 Å². The fraction of sp³-hybridized carbons (Fsp3) is 0.619. The van der Waals surface area contributed by atoms with E-state index in [0.29, 0.717) is 37.5 Å². The molecule has 0 aliphatic carbocycles. The molecule has 2 aliphatic rings. The second-order valence-electron chi connectivity index (χ2n) is 9.40. The van der Waals surface area contributed by atoms with Crippen molar-refractivity contribution in [2.45, 2.75) is 57.7 Å². The highest BCUT2D eigenvalue weighted by Crippen LogP contribution is 2.39. The first-order valence-electron chi connectivity index (χ1n) is 10.4. The van der Waals surface area contributed by atoms with Crippen molar-refractivity contribution in [3.05, 3.63) is 30.1 Å². The number of hydrogen-bond donors (Lipinski definition) is 1. The van der Waals surface area contributed by atoms with Gasteiger partial charge in [-0.3, -0.25) is 0 Å². The van der Waals surface area contributed by atoms with Crippen molar-refractivity contribution < 1.29 is 14.3 Å². The van der Waals surface area contributed by atoms with Gasteiger partial charge < -0.3 is 19.7 Å². The number of hydroxylamine groups is 2. The van der Waals surface area contributed by atoms with Gasteiger partial charge >= 0.3 is 0 Å². The molecule has 0 bridgehead atoms. The lowest BCUT2D eigenvalue weighted by molar-refractivity contribution is -0.255. The summed E-state index contributed by atoms with van der Waals surface area (Å²) in [5.74, 6) is 1.13. The van der Waals surface area contributed by atoms with Crippen molar-refractivity contribution in [3.63, 3.8) is 0 Å². The van der Waals surface area contributed by atoms with Gasteiger partial charge in [0.05, 0.1) is 17.4 Å². The van der Waals surface area contributed by atoms with E-state index < -0.39 is 0 Å². The van der Waals surface area contributed by atoms with Crippen LogP contribution in [0.4, 0.5) is 15.9 Å². The highest BCUT2D eigenvalue weighted by molar-refractivity contribution is 6.99. The molecule has 2 aromatic rings. The van der Waals surface area contributed by atoms with Crippen LogP contribution in [0.3, 0.4) is 0 Å². The minimum atomic E-state index is -0.387. The minimum Gasteiger partial charge on any atom is -0.471 e. The van der Waals surface area contributed by atoms with Crippen molar-refractivity contribution in [2.75, 3.05) is 36.0 Å². The fourth-order valence-corrected chi connectivity index (χ4v) is 5.24. The quantitative estimate of drug-likeness (QED) is 0.784. The Morgan fingerprint density at radius 1 is 1.00 bits per heavy atom. The number of benzene rings is 1. The number of para-hydroxylation sites is 1. The SMILES string of the molecule is CC1(C)CC(Oc2nsnc2N2CCN(c3ccccc3F)CC2)CC(C)(C)N1O. The lowest BCUT2D eigenvalue weighted by Crippen LogP contribution is -2.61. The van der Waals surface area contributed by atoms with Gasteiger partial charge in [0.1, 0.15) is 11.9 Å². The van der Waals surface area contributed by atoms with Crippen LogP contribution in [0.5, 0.6) is 5.88 Å². The molecule has 1 aromatic carbocycles. The maximum Gasteiger partial charge on any atom is 0.271 e. The second kappa shape index (κ2) is 7.94.